The standard InChI is InChI=1S/C19H10F3N3O/c20-19(21,22)26-14-8-5-13(6-9-14)18-24-15(11-23)17-10-7-12-3-1-2-4-16(12)25(17)18/h1-10H. The second kappa shape index (κ2) is 5.77. The summed E-state index contributed by atoms with van der Waals surface area (Å²) in [4.78, 5) is 4.37. The molecule has 0 atom stereocenters. The minimum atomic E-state index is -4.74. The number of imidazole rings is 1. The number of pyridine rings is 1. The third-order valence-electron chi connectivity index (χ3n) is 3.96. The van der Waals surface area contributed by atoms with Gasteiger partial charge in [0.15, 0.2) is 5.69 Å². The zero-order chi connectivity index (χ0) is 18.3. The molecule has 7 heteroatoms. The number of nitriles is 1. The number of nitrogens with zero attached hydrogens (tertiary/aromatic N) is 3. The van der Waals surface area contributed by atoms with Crippen LogP contribution in [-0.4, -0.2) is 15.7 Å². The third-order valence-corrected chi connectivity index (χ3v) is 3.96. The summed E-state index contributed by atoms with van der Waals surface area (Å²) in [5, 5.41) is 10.3. The van der Waals surface area contributed by atoms with Crippen molar-refractivity contribution in [3.05, 3.63) is 66.4 Å². The van der Waals surface area contributed by atoms with Crippen LogP contribution in [0.15, 0.2) is 60.7 Å². The number of fused-ring (bicyclic) bond motifs is 3. The van der Waals surface area contributed by atoms with E-state index in [4.69, 9.17) is 0 Å². The van der Waals surface area contributed by atoms with Crippen LogP contribution in [0, 0.1) is 11.3 Å². The summed E-state index contributed by atoms with van der Waals surface area (Å²) in [5.74, 6) is 0.166. The van der Waals surface area contributed by atoms with Crippen LogP contribution in [0.5, 0.6) is 5.75 Å². The highest BCUT2D eigenvalue weighted by Crippen LogP contribution is 2.30. The zero-order valence-corrected chi connectivity index (χ0v) is 13.2. The summed E-state index contributed by atoms with van der Waals surface area (Å²) in [5.41, 5.74) is 2.31. The number of rotatable bonds is 2. The van der Waals surface area contributed by atoms with Crippen molar-refractivity contribution in [2.75, 3.05) is 0 Å². The van der Waals surface area contributed by atoms with E-state index in [-0.39, 0.29) is 11.4 Å². The van der Waals surface area contributed by atoms with Gasteiger partial charge in [0.05, 0.1) is 11.0 Å². The van der Waals surface area contributed by atoms with Crippen molar-refractivity contribution in [2.45, 2.75) is 6.36 Å². The van der Waals surface area contributed by atoms with Gasteiger partial charge in [0.2, 0.25) is 0 Å². The van der Waals surface area contributed by atoms with E-state index < -0.39 is 6.36 Å². The Morgan fingerprint density at radius 2 is 1.65 bits per heavy atom. The van der Waals surface area contributed by atoms with Crippen LogP contribution in [0.2, 0.25) is 0 Å². The second-order valence-electron chi connectivity index (χ2n) is 5.58. The van der Waals surface area contributed by atoms with E-state index in [9.17, 15) is 18.4 Å². The summed E-state index contributed by atoms with van der Waals surface area (Å²) < 4.78 is 42.7. The van der Waals surface area contributed by atoms with Crippen molar-refractivity contribution >= 4 is 16.4 Å². The number of benzene rings is 2. The van der Waals surface area contributed by atoms with Gasteiger partial charge < -0.3 is 4.74 Å². The van der Waals surface area contributed by atoms with Gasteiger partial charge >= 0.3 is 6.36 Å². The molecule has 2 heterocycles. The van der Waals surface area contributed by atoms with Crippen molar-refractivity contribution in [2.24, 2.45) is 0 Å². The fourth-order valence-corrected chi connectivity index (χ4v) is 2.91. The molecule has 4 aromatic rings. The number of alkyl halides is 3. The van der Waals surface area contributed by atoms with Crippen molar-refractivity contribution in [3.63, 3.8) is 0 Å². The van der Waals surface area contributed by atoms with Crippen molar-refractivity contribution in [1.29, 1.82) is 5.26 Å². The molecule has 0 radical (unpaired) electrons. The molecular formula is C19H10F3N3O. The second-order valence-corrected chi connectivity index (χ2v) is 5.58. The summed E-state index contributed by atoms with van der Waals surface area (Å²) in [6.45, 7) is 0. The molecule has 0 bridgehead atoms. The van der Waals surface area contributed by atoms with E-state index in [2.05, 4.69) is 15.8 Å². The Bertz CT molecular complexity index is 1160. The molecule has 26 heavy (non-hydrogen) atoms. The molecular weight excluding hydrogens is 343 g/mol. The Morgan fingerprint density at radius 1 is 0.923 bits per heavy atom. The van der Waals surface area contributed by atoms with Crippen molar-refractivity contribution < 1.29 is 17.9 Å². The number of aromatic nitrogens is 2. The van der Waals surface area contributed by atoms with E-state index in [0.29, 0.717) is 16.9 Å². The Hall–Kier alpha value is -3.53. The number of para-hydroxylation sites is 1. The lowest BCUT2D eigenvalue weighted by Crippen LogP contribution is -2.16. The SMILES string of the molecule is N#Cc1nc(-c2ccc(OC(F)(F)F)cc2)n2c1ccc1ccccc12. The highest BCUT2D eigenvalue weighted by Gasteiger charge is 2.31. The monoisotopic (exact) mass is 353 g/mol. The van der Waals surface area contributed by atoms with E-state index in [1.54, 1.807) is 6.07 Å². The number of hydrogen-bond donors (Lipinski definition) is 0. The van der Waals surface area contributed by atoms with E-state index >= 15 is 0 Å². The number of halogens is 3. The van der Waals surface area contributed by atoms with Gasteiger partial charge in [-0.2, -0.15) is 5.26 Å². The molecule has 128 valence electrons. The quantitative estimate of drug-likeness (QED) is 0.514. The van der Waals surface area contributed by atoms with Gasteiger partial charge in [-0.25, -0.2) is 4.98 Å². The Balaban J connectivity index is 1.91. The fraction of sp³-hybridized carbons (Fsp3) is 0.0526. The molecule has 2 aromatic carbocycles. The predicted octanol–water partition coefficient (Wildman–Crippen LogP) is 4.92. The molecule has 0 saturated heterocycles. The minimum Gasteiger partial charge on any atom is -0.406 e. The topological polar surface area (TPSA) is 50.3 Å². The van der Waals surface area contributed by atoms with Gasteiger partial charge in [0.1, 0.15) is 17.6 Å². The average molecular weight is 353 g/mol. The molecule has 4 rings (SSSR count). The van der Waals surface area contributed by atoms with Crippen LogP contribution in [0.4, 0.5) is 13.2 Å². The van der Waals surface area contributed by atoms with E-state index in [0.717, 1.165) is 10.9 Å². The van der Waals surface area contributed by atoms with Crippen LogP contribution in [-0.2, 0) is 0 Å². The Morgan fingerprint density at radius 3 is 2.35 bits per heavy atom. The number of hydrogen-bond acceptors (Lipinski definition) is 3. The molecule has 0 fully saturated rings. The molecule has 4 nitrogen and oxygen atoms in total. The smallest absolute Gasteiger partial charge is 0.406 e. The van der Waals surface area contributed by atoms with Crippen LogP contribution < -0.4 is 4.74 Å². The van der Waals surface area contributed by atoms with Crippen molar-refractivity contribution in [1.82, 2.24) is 9.38 Å². The maximum Gasteiger partial charge on any atom is 0.573 e. The van der Waals surface area contributed by atoms with Gasteiger partial charge in [0, 0.05) is 5.56 Å². The van der Waals surface area contributed by atoms with Gasteiger partial charge in [-0.05, 0) is 41.8 Å². The van der Waals surface area contributed by atoms with Crippen LogP contribution >= 0.6 is 0 Å². The Labute approximate surface area is 145 Å². The van der Waals surface area contributed by atoms with Gasteiger partial charge in [-0.15, -0.1) is 13.2 Å². The number of ether oxygens (including phenoxy) is 1. The third kappa shape index (κ3) is 2.71. The zero-order valence-electron chi connectivity index (χ0n) is 13.2. The van der Waals surface area contributed by atoms with Crippen molar-refractivity contribution in [3.8, 4) is 23.2 Å². The first-order valence-corrected chi connectivity index (χ1v) is 7.63. The van der Waals surface area contributed by atoms with Gasteiger partial charge in [0.25, 0.3) is 0 Å². The average Bonchev–Trinajstić information content (AvgIpc) is 3.00. The molecule has 0 aliphatic rings. The highest BCUT2D eigenvalue weighted by atomic mass is 19.4. The summed E-state index contributed by atoms with van der Waals surface area (Å²) in [7, 11) is 0. The largest absolute Gasteiger partial charge is 0.573 e. The van der Waals surface area contributed by atoms with Crippen LogP contribution in [0.3, 0.4) is 0 Å². The first kappa shape index (κ1) is 16.0. The molecule has 2 aromatic heterocycles. The minimum absolute atomic E-state index is 0.251. The molecule has 0 aliphatic carbocycles. The molecule has 0 saturated carbocycles. The maximum absolute atomic E-state index is 12.3. The lowest BCUT2D eigenvalue weighted by Gasteiger charge is -2.09. The molecule has 0 amide bonds. The van der Waals surface area contributed by atoms with Crippen LogP contribution in [0.1, 0.15) is 5.69 Å². The van der Waals surface area contributed by atoms with Gasteiger partial charge in [-0.3, -0.25) is 4.40 Å². The summed E-state index contributed by atoms with van der Waals surface area (Å²) in [6, 6.07) is 18.8. The first-order chi connectivity index (χ1) is 12.5. The fourth-order valence-electron chi connectivity index (χ4n) is 2.91. The predicted molar refractivity (Wildman–Crippen MR) is 89.5 cm³/mol. The first-order valence-electron chi connectivity index (χ1n) is 7.63. The van der Waals surface area contributed by atoms with E-state index in [1.807, 2.05) is 34.7 Å². The molecule has 0 spiro atoms. The summed E-state index contributed by atoms with van der Waals surface area (Å²) >= 11 is 0. The van der Waals surface area contributed by atoms with Gasteiger partial charge in [-0.1, -0.05) is 24.3 Å². The molecule has 0 unspecified atom stereocenters. The lowest BCUT2D eigenvalue weighted by atomic mass is 10.1. The maximum atomic E-state index is 12.3. The van der Waals surface area contributed by atoms with Crippen LogP contribution in [0.25, 0.3) is 27.8 Å². The molecule has 0 N–H and O–H groups in total. The summed E-state index contributed by atoms with van der Waals surface area (Å²) in [6.07, 6.45) is -4.74. The highest BCUT2D eigenvalue weighted by molar-refractivity contribution is 5.86. The van der Waals surface area contributed by atoms with E-state index in [1.165, 1.54) is 24.3 Å². The molecule has 0 aliphatic heterocycles. The lowest BCUT2D eigenvalue weighted by molar-refractivity contribution is -0.274. The normalized spacial score (nSPS) is 11.6. The Kier molecular flexibility index (Phi) is 3.55.